The summed E-state index contributed by atoms with van der Waals surface area (Å²) >= 11 is 6.15. The highest BCUT2D eigenvalue weighted by molar-refractivity contribution is 6.46. The number of carbonyl (C=O) groups excluding carboxylic acids is 2. The maximum Gasteiger partial charge on any atom is 0.295 e. The number of ketones is 1. The molecular formula is C29H28ClNO6. The average Bonchev–Trinajstić information content (AvgIpc) is 3.15. The highest BCUT2D eigenvalue weighted by Gasteiger charge is 2.46. The molecule has 0 bridgehead atoms. The number of hydrogen-bond donors (Lipinski definition) is 2. The van der Waals surface area contributed by atoms with Crippen molar-refractivity contribution in [2.75, 3.05) is 20.3 Å². The molecule has 3 aromatic rings. The summed E-state index contributed by atoms with van der Waals surface area (Å²) in [6.45, 7) is 2.87. The molecule has 1 aliphatic rings. The monoisotopic (exact) mass is 521 g/mol. The van der Waals surface area contributed by atoms with Crippen molar-refractivity contribution in [1.82, 2.24) is 4.90 Å². The minimum absolute atomic E-state index is 0.0403. The number of amides is 1. The first kappa shape index (κ1) is 26.3. The van der Waals surface area contributed by atoms with Gasteiger partial charge in [-0.2, -0.15) is 0 Å². The van der Waals surface area contributed by atoms with Crippen LogP contribution < -0.4 is 4.74 Å². The van der Waals surface area contributed by atoms with Crippen molar-refractivity contribution in [2.45, 2.75) is 26.0 Å². The third-order valence-electron chi connectivity index (χ3n) is 6.26. The predicted molar refractivity (Wildman–Crippen MR) is 141 cm³/mol. The smallest absolute Gasteiger partial charge is 0.295 e. The molecule has 1 fully saturated rings. The number of carbonyl (C=O) groups is 2. The third kappa shape index (κ3) is 5.63. The van der Waals surface area contributed by atoms with Gasteiger partial charge in [0.15, 0.2) is 0 Å². The van der Waals surface area contributed by atoms with Gasteiger partial charge in [0.05, 0.1) is 16.6 Å². The second-order valence-corrected chi connectivity index (χ2v) is 9.21. The number of rotatable bonds is 9. The Morgan fingerprint density at radius 1 is 1.05 bits per heavy atom. The first-order valence-electron chi connectivity index (χ1n) is 11.8. The Kier molecular flexibility index (Phi) is 8.16. The summed E-state index contributed by atoms with van der Waals surface area (Å²) < 4.78 is 11.0. The first-order chi connectivity index (χ1) is 17.8. The molecule has 1 aliphatic heterocycles. The van der Waals surface area contributed by atoms with Gasteiger partial charge in [0.25, 0.3) is 11.7 Å². The lowest BCUT2D eigenvalue weighted by molar-refractivity contribution is -0.140. The molecule has 7 nitrogen and oxygen atoms in total. The minimum atomic E-state index is -0.871. The van der Waals surface area contributed by atoms with Crippen molar-refractivity contribution in [2.24, 2.45) is 0 Å². The van der Waals surface area contributed by atoms with Crippen molar-refractivity contribution in [1.29, 1.82) is 0 Å². The van der Waals surface area contributed by atoms with Crippen LogP contribution in [0.5, 0.6) is 11.5 Å². The summed E-state index contributed by atoms with van der Waals surface area (Å²) in [4.78, 5) is 27.6. The van der Waals surface area contributed by atoms with E-state index in [1.54, 1.807) is 31.4 Å². The predicted octanol–water partition coefficient (Wildman–Crippen LogP) is 5.39. The van der Waals surface area contributed by atoms with Crippen LogP contribution in [0.3, 0.4) is 0 Å². The molecule has 0 aliphatic carbocycles. The van der Waals surface area contributed by atoms with Crippen LogP contribution in [0.4, 0.5) is 0 Å². The highest BCUT2D eigenvalue weighted by atomic mass is 35.5. The molecule has 0 spiro atoms. The number of aryl methyl sites for hydroxylation is 1. The van der Waals surface area contributed by atoms with E-state index in [4.69, 9.17) is 21.1 Å². The van der Waals surface area contributed by atoms with Crippen LogP contribution in [0.2, 0.25) is 5.02 Å². The summed E-state index contributed by atoms with van der Waals surface area (Å²) in [5.41, 5.74) is 2.63. The van der Waals surface area contributed by atoms with E-state index >= 15 is 0 Å². The zero-order valence-corrected chi connectivity index (χ0v) is 21.4. The molecule has 1 amide bonds. The standard InChI is InChI=1S/C29H28ClNO6/c1-18-15-21(10-12-24(18)37-17-19-7-4-3-5-8-19)27(33)25-26(20-9-11-23(32)22(30)16-20)31(13-6-14-36-2)29(35)28(25)34/h3-5,7-12,15-16,26,32-33H,6,13-14,17H2,1-2H3/b27-25-. The quantitative estimate of drug-likeness (QED) is 0.170. The van der Waals surface area contributed by atoms with Crippen LogP contribution in [0.15, 0.2) is 72.3 Å². The van der Waals surface area contributed by atoms with Crippen molar-refractivity contribution in [3.8, 4) is 11.5 Å². The van der Waals surface area contributed by atoms with Crippen LogP contribution in [0, 0.1) is 6.92 Å². The van der Waals surface area contributed by atoms with E-state index in [1.807, 2.05) is 37.3 Å². The van der Waals surface area contributed by atoms with Crippen molar-refractivity contribution in [3.05, 3.63) is 99.6 Å². The van der Waals surface area contributed by atoms with Gasteiger partial charge in [0, 0.05) is 25.8 Å². The van der Waals surface area contributed by atoms with E-state index in [0.29, 0.717) is 36.5 Å². The zero-order valence-electron chi connectivity index (χ0n) is 20.6. The van der Waals surface area contributed by atoms with Crippen molar-refractivity contribution >= 4 is 29.1 Å². The Morgan fingerprint density at radius 3 is 2.49 bits per heavy atom. The Hall–Kier alpha value is -3.81. The number of aromatic hydroxyl groups is 1. The van der Waals surface area contributed by atoms with Crippen LogP contribution in [-0.4, -0.2) is 47.1 Å². The molecule has 1 atom stereocenters. The Morgan fingerprint density at radius 2 is 1.81 bits per heavy atom. The topological polar surface area (TPSA) is 96.3 Å². The molecule has 1 unspecified atom stereocenters. The van der Waals surface area contributed by atoms with Crippen LogP contribution in [0.25, 0.3) is 5.76 Å². The highest BCUT2D eigenvalue weighted by Crippen LogP contribution is 2.41. The number of aliphatic hydroxyl groups is 1. The number of nitrogens with zero attached hydrogens (tertiary/aromatic N) is 1. The lowest BCUT2D eigenvalue weighted by Crippen LogP contribution is -2.31. The lowest BCUT2D eigenvalue weighted by atomic mass is 9.94. The first-order valence-corrected chi connectivity index (χ1v) is 12.2. The van der Waals surface area contributed by atoms with Crippen LogP contribution in [-0.2, 0) is 20.9 Å². The summed E-state index contributed by atoms with van der Waals surface area (Å²) in [5, 5.41) is 21.3. The van der Waals surface area contributed by atoms with Crippen molar-refractivity contribution < 1.29 is 29.3 Å². The number of aliphatic hydroxyl groups excluding tert-OH is 1. The van der Waals surface area contributed by atoms with Gasteiger partial charge in [-0.1, -0.05) is 48.0 Å². The largest absolute Gasteiger partial charge is 0.507 e. The normalized spacial score (nSPS) is 16.8. The molecule has 8 heteroatoms. The summed E-state index contributed by atoms with van der Waals surface area (Å²) in [6, 6.07) is 18.5. The van der Waals surface area contributed by atoms with E-state index in [9.17, 15) is 19.8 Å². The molecule has 0 radical (unpaired) electrons. The molecule has 0 saturated carbocycles. The van der Waals surface area contributed by atoms with Gasteiger partial charge in [-0.3, -0.25) is 9.59 Å². The molecule has 3 aromatic carbocycles. The van der Waals surface area contributed by atoms with Gasteiger partial charge in [-0.15, -0.1) is 0 Å². The Bertz CT molecular complexity index is 1340. The molecule has 192 valence electrons. The number of methoxy groups -OCH3 is 1. The second kappa shape index (κ2) is 11.5. The average molecular weight is 522 g/mol. The van der Waals surface area contributed by atoms with Gasteiger partial charge >= 0.3 is 0 Å². The minimum Gasteiger partial charge on any atom is -0.507 e. The van der Waals surface area contributed by atoms with Gasteiger partial charge in [-0.05, 0) is 60.4 Å². The Labute approximate surface area is 220 Å². The maximum atomic E-state index is 13.2. The van der Waals surface area contributed by atoms with Crippen molar-refractivity contribution in [3.63, 3.8) is 0 Å². The van der Waals surface area contributed by atoms with Gasteiger partial charge in [0.1, 0.15) is 23.9 Å². The molecule has 1 saturated heterocycles. The summed E-state index contributed by atoms with van der Waals surface area (Å²) in [7, 11) is 1.56. The van der Waals surface area contributed by atoms with Crippen LogP contribution in [0.1, 0.15) is 34.7 Å². The number of ether oxygens (including phenoxy) is 2. The molecule has 1 heterocycles. The molecule has 0 aromatic heterocycles. The van der Waals surface area contributed by atoms with E-state index < -0.39 is 17.7 Å². The van der Waals surface area contributed by atoms with E-state index in [0.717, 1.165) is 11.1 Å². The van der Waals surface area contributed by atoms with E-state index in [1.165, 1.54) is 17.0 Å². The number of phenols is 1. The van der Waals surface area contributed by atoms with E-state index in [2.05, 4.69) is 0 Å². The summed E-state index contributed by atoms with van der Waals surface area (Å²) in [5.74, 6) is -1.28. The fourth-order valence-corrected chi connectivity index (χ4v) is 4.57. The fraction of sp³-hybridized carbons (Fsp3) is 0.241. The number of hydrogen-bond acceptors (Lipinski definition) is 6. The van der Waals surface area contributed by atoms with Gasteiger partial charge in [-0.25, -0.2) is 0 Å². The second-order valence-electron chi connectivity index (χ2n) is 8.80. The van der Waals surface area contributed by atoms with Gasteiger partial charge in [0.2, 0.25) is 0 Å². The van der Waals surface area contributed by atoms with Gasteiger partial charge < -0.3 is 24.6 Å². The third-order valence-corrected chi connectivity index (χ3v) is 6.56. The number of Topliss-reactive ketones (excluding diaryl/α,β-unsaturated/α-hetero) is 1. The van der Waals surface area contributed by atoms with Crippen LogP contribution >= 0.6 is 11.6 Å². The number of likely N-dealkylation sites (tertiary alicyclic amines) is 1. The summed E-state index contributed by atoms with van der Waals surface area (Å²) in [6.07, 6.45) is 0.498. The lowest BCUT2D eigenvalue weighted by Gasteiger charge is -2.25. The number of benzene rings is 3. The molecule has 4 rings (SSSR count). The number of halogens is 1. The zero-order chi connectivity index (χ0) is 26.5. The fourth-order valence-electron chi connectivity index (χ4n) is 4.38. The molecular weight excluding hydrogens is 494 g/mol. The maximum absolute atomic E-state index is 13.2. The SMILES string of the molecule is COCCCN1C(=O)C(=O)/C(=C(\O)c2ccc(OCc3ccccc3)c(C)c2)C1c1ccc(O)c(Cl)c1. The van der Waals surface area contributed by atoms with E-state index in [-0.39, 0.29) is 28.6 Å². The molecule has 37 heavy (non-hydrogen) atoms. The molecule has 2 N–H and O–H groups in total. The Balaban J connectivity index is 1.70. The number of phenolic OH excluding ortho intramolecular Hbond substituents is 1.